The molecule has 0 spiro atoms. The van der Waals surface area contributed by atoms with Crippen LogP contribution in [0.5, 0.6) is 0 Å². The van der Waals surface area contributed by atoms with Gasteiger partial charge in [-0.1, -0.05) is 146 Å². The van der Waals surface area contributed by atoms with Gasteiger partial charge in [-0.2, -0.15) is 0 Å². The first-order valence-corrected chi connectivity index (χ1v) is 13.8. The van der Waals surface area contributed by atoms with Crippen LogP contribution in [0.1, 0.15) is 33.4 Å². The Morgan fingerprint density at radius 3 is 1.17 bits per heavy atom. The molecule has 0 bridgehead atoms. The van der Waals surface area contributed by atoms with Crippen LogP contribution in [0.25, 0.3) is 33.4 Å². The number of benzene rings is 6. The molecule has 3 nitrogen and oxygen atoms in total. The number of fused-ring (bicyclic) bond motifs is 6. The number of nitrogens with zero attached hydrogens (tertiary/aromatic N) is 1. The molecule has 2 aliphatic carbocycles. The van der Waals surface area contributed by atoms with Crippen LogP contribution in [0.2, 0.25) is 0 Å². The largest absolute Gasteiger partial charge is 0.376 e. The Labute approximate surface area is 238 Å². The Hall–Kier alpha value is -5.12. The van der Waals surface area contributed by atoms with Crippen LogP contribution in [0, 0.1) is 4.91 Å². The Bertz CT molecular complexity index is 1880. The lowest BCUT2D eigenvalue weighted by molar-refractivity contribution is 0.131. The van der Waals surface area contributed by atoms with Crippen LogP contribution >= 0.6 is 0 Å². The molecule has 3 heteroatoms. The highest BCUT2D eigenvalue weighted by Gasteiger charge is 2.46. The van der Waals surface area contributed by atoms with Crippen molar-refractivity contribution in [2.24, 2.45) is 5.18 Å². The highest BCUT2D eigenvalue weighted by atomic mass is 16.3. The van der Waals surface area contributed by atoms with E-state index in [1.165, 1.54) is 0 Å². The maximum Gasteiger partial charge on any atom is 0.179 e. The van der Waals surface area contributed by atoms with Gasteiger partial charge in [-0.05, 0) is 60.8 Å². The lowest BCUT2D eigenvalue weighted by Gasteiger charge is -2.27. The van der Waals surface area contributed by atoms with Gasteiger partial charge in [-0.25, -0.2) is 0 Å². The molecule has 0 aromatic heterocycles. The van der Waals surface area contributed by atoms with E-state index < -0.39 is 11.1 Å². The number of rotatable bonds is 4. The van der Waals surface area contributed by atoms with E-state index in [9.17, 15) is 10.0 Å². The third kappa shape index (κ3) is 3.12. The predicted octanol–water partition coefficient (Wildman–Crippen LogP) is 8.66. The zero-order valence-electron chi connectivity index (χ0n) is 22.2. The molecule has 0 heterocycles. The van der Waals surface area contributed by atoms with E-state index in [0.717, 1.165) is 66.8 Å². The van der Waals surface area contributed by atoms with Gasteiger partial charge in [0.05, 0.1) is 0 Å². The SMILES string of the molecule is O=NC1(c2ccc(-c3ccc(C4(O)c5ccccc5-c5ccccc54)cc3)cc2)c2ccccc2-c2ccccc21. The van der Waals surface area contributed by atoms with E-state index in [4.69, 9.17) is 0 Å². The Balaban J connectivity index is 1.18. The second-order valence-corrected chi connectivity index (χ2v) is 10.8. The van der Waals surface area contributed by atoms with Crippen LogP contribution in [-0.4, -0.2) is 5.11 Å². The third-order valence-corrected chi connectivity index (χ3v) is 8.92. The maximum atomic E-state index is 12.7. The molecule has 0 atom stereocenters. The van der Waals surface area contributed by atoms with Gasteiger partial charge in [0.15, 0.2) is 5.54 Å². The van der Waals surface area contributed by atoms with Gasteiger partial charge < -0.3 is 5.11 Å². The monoisotopic (exact) mass is 527 g/mol. The van der Waals surface area contributed by atoms with Crippen molar-refractivity contribution in [3.63, 3.8) is 0 Å². The van der Waals surface area contributed by atoms with Crippen molar-refractivity contribution in [3.8, 4) is 33.4 Å². The minimum atomic E-state index is -1.21. The summed E-state index contributed by atoms with van der Waals surface area (Å²) in [5, 5.41) is 16.0. The van der Waals surface area contributed by atoms with Gasteiger partial charge in [0.25, 0.3) is 0 Å². The highest BCUT2D eigenvalue weighted by Crippen LogP contribution is 2.54. The average Bonchev–Trinajstić information content (AvgIpc) is 3.49. The van der Waals surface area contributed by atoms with Crippen molar-refractivity contribution in [1.29, 1.82) is 0 Å². The Kier molecular flexibility index (Phi) is 5.03. The summed E-state index contributed by atoms with van der Waals surface area (Å²) >= 11 is 0. The number of hydrogen-bond donors (Lipinski definition) is 1. The first kappa shape index (κ1) is 23.7. The van der Waals surface area contributed by atoms with E-state index in [2.05, 4.69) is 53.7 Å². The quantitative estimate of drug-likeness (QED) is 0.233. The topological polar surface area (TPSA) is 49.7 Å². The van der Waals surface area contributed by atoms with Gasteiger partial charge in [0.1, 0.15) is 5.60 Å². The van der Waals surface area contributed by atoms with E-state index in [1.54, 1.807) is 0 Å². The second-order valence-electron chi connectivity index (χ2n) is 10.8. The zero-order chi connectivity index (χ0) is 27.6. The summed E-state index contributed by atoms with van der Waals surface area (Å²) in [6.07, 6.45) is 0. The molecule has 8 rings (SSSR count). The number of hydrogen-bond acceptors (Lipinski definition) is 3. The number of aliphatic hydroxyl groups is 1. The minimum Gasteiger partial charge on any atom is -0.376 e. The predicted molar refractivity (Wildman–Crippen MR) is 163 cm³/mol. The summed E-state index contributed by atoms with van der Waals surface area (Å²) in [4.78, 5) is 12.7. The van der Waals surface area contributed by atoms with Gasteiger partial charge in [0, 0.05) is 11.1 Å². The van der Waals surface area contributed by atoms with Crippen molar-refractivity contribution in [2.75, 3.05) is 0 Å². The van der Waals surface area contributed by atoms with Crippen molar-refractivity contribution >= 4 is 0 Å². The summed E-state index contributed by atoms with van der Waals surface area (Å²) in [6, 6.07) is 48.5. The first-order valence-electron chi connectivity index (χ1n) is 13.8. The van der Waals surface area contributed by atoms with Gasteiger partial charge in [-0.15, -0.1) is 4.91 Å². The summed E-state index contributed by atoms with van der Waals surface area (Å²) < 4.78 is 0. The normalized spacial score (nSPS) is 15.0. The molecule has 2 aliphatic rings. The van der Waals surface area contributed by atoms with Crippen molar-refractivity contribution in [1.82, 2.24) is 0 Å². The Morgan fingerprint density at radius 2 is 0.756 bits per heavy atom. The summed E-state index contributed by atoms with van der Waals surface area (Å²) in [5.41, 5.74) is 9.33. The van der Waals surface area contributed by atoms with E-state index in [1.807, 2.05) is 97.1 Å². The number of nitroso groups, excluding NO2 is 1. The van der Waals surface area contributed by atoms with Crippen molar-refractivity contribution < 1.29 is 5.11 Å². The molecule has 0 fully saturated rings. The van der Waals surface area contributed by atoms with E-state index in [0.29, 0.717) is 0 Å². The Morgan fingerprint density at radius 1 is 0.415 bits per heavy atom. The zero-order valence-corrected chi connectivity index (χ0v) is 22.2. The third-order valence-electron chi connectivity index (χ3n) is 8.92. The maximum absolute atomic E-state index is 12.7. The van der Waals surface area contributed by atoms with Crippen LogP contribution in [0.15, 0.2) is 151 Å². The lowest BCUT2D eigenvalue weighted by atomic mass is 9.81. The molecule has 0 saturated carbocycles. The summed E-state index contributed by atoms with van der Waals surface area (Å²) in [5.74, 6) is 0. The van der Waals surface area contributed by atoms with Crippen LogP contribution < -0.4 is 0 Å². The molecule has 0 unspecified atom stereocenters. The first-order chi connectivity index (χ1) is 20.2. The molecule has 0 amide bonds. The smallest absolute Gasteiger partial charge is 0.179 e. The molecule has 0 radical (unpaired) electrons. The average molecular weight is 528 g/mol. The highest BCUT2D eigenvalue weighted by molar-refractivity contribution is 5.84. The molecule has 41 heavy (non-hydrogen) atoms. The molecular formula is C38H25NO2. The van der Waals surface area contributed by atoms with E-state index >= 15 is 0 Å². The van der Waals surface area contributed by atoms with Gasteiger partial charge in [-0.3, -0.25) is 0 Å². The van der Waals surface area contributed by atoms with Crippen molar-refractivity contribution in [2.45, 2.75) is 11.1 Å². The lowest BCUT2D eigenvalue weighted by Crippen LogP contribution is -2.26. The molecule has 0 saturated heterocycles. The van der Waals surface area contributed by atoms with Gasteiger partial charge >= 0.3 is 0 Å². The fourth-order valence-corrected chi connectivity index (χ4v) is 7.00. The standard InChI is InChI=1S/C38H25NO2/c40-38(35-15-7-3-11-31(35)32-12-4-8-16-36(32)38)28-23-19-26(20-24-28)25-17-21-27(22-18-25)37(39-41)33-13-5-1-9-29(33)30-10-2-6-14-34(30)37/h1-24,40H. The van der Waals surface area contributed by atoms with Crippen LogP contribution in [0.4, 0.5) is 0 Å². The molecule has 0 aliphatic heterocycles. The van der Waals surface area contributed by atoms with E-state index in [-0.39, 0.29) is 0 Å². The van der Waals surface area contributed by atoms with Crippen molar-refractivity contribution in [3.05, 3.63) is 184 Å². The molecule has 6 aromatic carbocycles. The summed E-state index contributed by atoms with van der Waals surface area (Å²) in [6.45, 7) is 0. The fourth-order valence-electron chi connectivity index (χ4n) is 7.00. The molecular weight excluding hydrogens is 502 g/mol. The van der Waals surface area contributed by atoms with Crippen LogP contribution in [0.3, 0.4) is 0 Å². The van der Waals surface area contributed by atoms with Crippen LogP contribution in [-0.2, 0) is 11.1 Å². The molecule has 194 valence electrons. The molecule has 6 aromatic rings. The summed E-state index contributed by atoms with van der Waals surface area (Å²) in [7, 11) is 0. The minimum absolute atomic E-state index is 0.832. The van der Waals surface area contributed by atoms with Gasteiger partial charge in [0.2, 0.25) is 0 Å². The fraction of sp³-hybridized carbons (Fsp3) is 0.0526. The molecule has 1 N–H and O–H groups in total. The second kappa shape index (κ2) is 8.69.